The predicted molar refractivity (Wildman–Crippen MR) is 107 cm³/mol. The number of hydrogen-bond acceptors (Lipinski definition) is 6. The monoisotopic (exact) mass is 393 g/mol. The van der Waals surface area contributed by atoms with Crippen molar-refractivity contribution in [1.82, 2.24) is 4.98 Å². The second-order valence-corrected chi connectivity index (χ2v) is 5.95. The lowest BCUT2D eigenvalue weighted by Gasteiger charge is -2.12. The van der Waals surface area contributed by atoms with Crippen molar-refractivity contribution >= 4 is 17.4 Å². The first-order valence-corrected chi connectivity index (χ1v) is 8.93. The van der Waals surface area contributed by atoms with E-state index in [0.29, 0.717) is 12.4 Å². The SMILES string of the molecule is CCOc1ccc(C(=O)Nc2ncccc2OCc2ccccc2)cc1[N+](=O)[O-]. The molecular weight excluding hydrogens is 374 g/mol. The summed E-state index contributed by atoms with van der Waals surface area (Å²) >= 11 is 0. The van der Waals surface area contributed by atoms with Gasteiger partial charge in [0.05, 0.1) is 11.5 Å². The Bertz CT molecular complexity index is 1010. The zero-order chi connectivity index (χ0) is 20.6. The maximum atomic E-state index is 12.6. The summed E-state index contributed by atoms with van der Waals surface area (Å²) in [6, 6.07) is 17.0. The summed E-state index contributed by atoms with van der Waals surface area (Å²) in [5.41, 5.74) is 0.802. The van der Waals surface area contributed by atoms with Gasteiger partial charge in [0.25, 0.3) is 5.91 Å². The Morgan fingerprint density at radius 3 is 2.59 bits per heavy atom. The van der Waals surface area contributed by atoms with Crippen molar-refractivity contribution in [3.8, 4) is 11.5 Å². The molecule has 0 radical (unpaired) electrons. The van der Waals surface area contributed by atoms with Crippen molar-refractivity contribution in [3.63, 3.8) is 0 Å². The molecule has 2 aromatic carbocycles. The fraction of sp³-hybridized carbons (Fsp3) is 0.143. The molecule has 0 saturated carbocycles. The first kappa shape index (κ1) is 19.8. The summed E-state index contributed by atoms with van der Waals surface area (Å²) in [6.07, 6.45) is 1.52. The molecule has 0 aliphatic heterocycles. The minimum absolute atomic E-state index is 0.110. The van der Waals surface area contributed by atoms with Gasteiger partial charge in [-0.1, -0.05) is 30.3 Å². The smallest absolute Gasteiger partial charge is 0.311 e. The molecule has 8 heteroatoms. The average Bonchev–Trinajstić information content (AvgIpc) is 2.74. The van der Waals surface area contributed by atoms with Crippen LogP contribution in [-0.2, 0) is 6.61 Å². The van der Waals surface area contributed by atoms with E-state index in [9.17, 15) is 14.9 Å². The summed E-state index contributed by atoms with van der Waals surface area (Å²) in [5, 5.41) is 13.9. The zero-order valence-corrected chi connectivity index (χ0v) is 15.7. The van der Waals surface area contributed by atoms with Gasteiger partial charge in [-0.2, -0.15) is 0 Å². The largest absolute Gasteiger partial charge is 0.487 e. The van der Waals surface area contributed by atoms with Crippen LogP contribution >= 0.6 is 0 Å². The van der Waals surface area contributed by atoms with Gasteiger partial charge in [0.15, 0.2) is 17.3 Å². The molecule has 29 heavy (non-hydrogen) atoms. The van der Waals surface area contributed by atoms with Gasteiger partial charge in [0.2, 0.25) is 0 Å². The number of amides is 1. The Labute approximate surface area is 167 Å². The molecule has 0 saturated heterocycles. The van der Waals surface area contributed by atoms with Crippen LogP contribution in [0.25, 0.3) is 0 Å². The molecule has 1 heterocycles. The fourth-order valence-corrected chi connectivity index (χ4v) is 2.59. The van der Waals surface area contributed by atoms with Gasteiger partial charge in [-0.3, -0.25) is 14.9 Å². The molecule has 0 aliphatic rings. The first-order valence-electron chi connectivity index (χ1n) is 8.93. The van der Waals surface area contributed by atoms with E-state index in [4.69, 9.17) is 9.47 Å². The Balaban J connectivity index is 1.77. The zero-order valence-electron chi connectivity index (χ0n) is 15.7. The molecule has 1 N–H and O–H groups in total. The number of nitrogens with zero attached hydrogens (tertiary/aromatic N) is 2. The Morgan fingerprint density at radius 2 is 1.86 bits per heavy atom. The topological polar surface area (TPSA) is 104 Å². The second-order valence-electron chi connectivity index (χ2n) is 5.95. The molecule has 3 rings (SSSR count). The maximum Gasteiger partial charge on any atom is 0.311 e. The molecule has 1 amide bonds. The standard InChI is InChI=1S/C21H19N3O5/c1-2-28-18-11-10-16(13-17(18)24(26)27)21(25)23-20-19(9-6-12-22-20)29-14-15-7-4-3-5-8-15/h3-13H,2,14H2,1H3,(H,22,23,25). The van der Waals surface area contributed by atoms with Crippen LogP contribution in [0, 0.1) is 10.1 Å². The van der Waals surface area contributed by atoms with Gasteiger partial charge >= 0.3 is 5.69 Å². The lowest BCUT2D eigenvalue weighted by molar-refractivity contribution is -0.385. The van der Waals surface area contributed by atoms with Gasteiger partial charge in [-0.25, -0.2) is 4.98 Å². The summed E-state index contributed by atoms with van der Waals surface area (Å²) in [5.74, 6) is 0.188. The third-order valence-electron chi connectivity index (χ3n) is 3.96. The highest BCUT2D eigenvalue weighted by atomic mass is 16.6. The van der Waals surface area contributed by atoms with Crippen molar-refractivity contribution in [3.05, 3.63) is 88.1 Å². The van der Waals surface area contributed by atoms with Gasteiger partial charge in [-0.15, -0.1) is 0 Å². The van der Waals surface area contributed by atoms with E-state index in [1.807, 2.05) is 30.3 Å². The summed E-state index contributed by atoms with van der Waals surface area (Å²) in [6.45, 7) is 2.31. The Kier molecular flexibility index (Phi) is 6.36. The quantitative estimate of drug-likeness (QED) is 0.454. The average molecular weight is 393 g/mol. The molecule has 0 bridgehead atoms. The molecule has 1 aromatic heterocycles. The summed E-state index contributed by atoms with van der Waals surface area (Å²) in [7, 11) is 0. The number of hydrogen-bond donors (Lipinski definition) is 1. The Hall–Kier alpha value is -3.94. The van der Waals surface area contributed by atoms with Gasteiger partial charge < -0.3 is 14.8 Å². The molecular formula is C21H19N3O5. The van der Waals surface area contributed by atoms with E-state index in [1.165, 1.54) is 24.4 Å². The van der Waals surface area contributed by atoms with Gasteiger partial charge in [0.1, 0.15) is 6.61 Å². The van der Waals surface area contributed by atoms with Crippen LogP contribution in [0.4, 0.5) is 11.5 Å². The van der Waals surface area contributed by atoms with Crippen LogP contribution in [-0.4, -0.2) is 22.4 Å². The molecule has 3 aromatic rings. The number of nitro groups is 1. The number of carbonyl (C=O) groups is 1. The molecule has 148 valence electrons. The van der Waals surface area contributed by atoms with Crippen molar-refractivity contribution < 1.29 is 19.2 Å². The highest BCUT2D eigenvalue weighted by Gasteiger charge is 2.19. The molecule has 0 unspecified atom stereocenters. The molecule has 0 fully saturated rings. The number of carbonyl (C=O) groups excluding carboxylic acids is 1. The number of anilines is 1. The third-order valence-corrected chi connectivity index (χ3v) is 3.96. The van der Waals surface area contributed by atoms with Crippen molar-refractivity contribution in [1.29, 1.82) is 0 Å². The number of nitro benzene ring substituents is 1. The summed E-state index contributed by atoms with van der Waals surface area (Å²) in [4.78, 5) is 27.4. The summed E-state index contributed by atoms with van der Waals surface area (Å²) < 4.78 is 11.0. The second kappa shape index (κ2) is 9.32. The number of ether oxygens (including phenoxy) is 2. The molecule has 8 nitrogen and oxygen atoms in total. The van der Waals surface area contributed by atoms with E-state index in [1.54, 1.807) is 19.1 Å². The number of aromatic nitrogens is 1. The maximum absolute atomic E-state index is 12.6. The van der Waals surface area contributed by atoms with E-state index in [0.717, 1.165) is 5.56 Å². The molecule has 0 aliphatic carbocycles. The van der Waals surface area contributed by atoms with E-state index in [-0.39, 0.29) is 29.4 Å². The number of nitrogens with one attached hydrogen (secondary N) is 1. The van der Waals surface area contributed by atoms with Crippen molar-refractivity contribution in [2.45, 2.75) is 13.5 Å². The van der Waals surface area contributed by atoms with Gasteiger partial charge in [-0.05, 0) is 36.8 Å². The lowest BCUT2D eigenvalue weighted by atomic mass is 10.1. The highest BCUT2D eigenvalue weighted by molar-refractivity contribution is 6.05. The van der Waals surface area contributed by atoms with Crippen LogP contribution in [0.1, 0.15) is 22.8 Å². The predicted octanol–water partition coefficient (Wildman–Crippen LogP) is 4.22. The van der Waals surface area contributed by atoms with Crippen LogP contribution in [0.5, 0.6) is 11.5 Å². The lowest BCUT2D eigenvalue weighted by Crippen LogP contribution is -2.14. The van der Waals surface area contributed by atoms with Crippen LogP contribution in [0.15, 0.2) is 66.9 Å². The normalized spacial score (nSPS) is 10.2. The number of pyridine rings is 1. The van der Waals surface area contributed by atoms with Crippen LogP contribution < -0.4 is 14.8 Å². The van der Waals surface area contributed by atoms with E-state index < -0.39 is 10.8 Å². The number of benzene rings is 2. The van der Waals surface area contributed by atoms with E-state index >= 15 is 0 Å². The van der Waals surface area contributed by atoms with Crippen LogP contribution in [0.3, 0.4) is 0 Å². The van der Waals surface area contributed by atoms with Crippen molar-refractivity contribution in [2.75, 3.05) is 11.9 Å². The molecule has 0 spiro atoms. The fourth-order valence-electron chi connectivity index (χ4n) is 2.59. The number of rotatable bonds is 8. The highest BCUT2D eigenvalue weighted by Crippen LogP contribution is 2.29. The van der Waals surface area contributed by atoms with Gasteiger partial charge in [0, 0.05) is 17.8 Å². The third kappa shape index (κ3) is 5.07. The van der Waals surface area contributed by atoms with Crippen molar-refractivity contribution in [2.24, 2.45) is 0 Å². The van der Waals surface area contributed by atoms with E-state index in [2.05, 4.69) is 10.3 Å². The molecule has 0 atom stereocenters. The van der Waals surface area contributed by atoms with Crippen LogP contribution in [0.2, 0.25) is 0 Å². The Morgan fingerprint density at radius 1 is 1.07 bits per heavy atom. The minimum Gasteiger partial charge on any atom is -0.487 e. The first-order chi connectivity index (χ1) is 14.1. The minimum atomic E-state index is -0.586.